The van der Waals surface area contributed by atoms with Gasteiger partial charge in [0.05, 0.1) is 22.9 Å². The highest BCUT2D eigenvalue weighted by atomic mass is 32.1. The first kappa shape index (κ1) is 16.1. The highest BCUT2D eigenvalue weighted by Gasteiger charge is 2.17. The second-order valence-corrected chi connectivity index (χ2v) is 7.26. The third kappa shape index (κ3) is 4.11. The molecule has 0 fully saturated rings. The topological polar surface area (TPSA) is 54.9 Å². The molecule has 2 aromatic rings. The van der Waals surface area contributed by atoms with E-state index < -0.39 is 0 Å². The Labute approximate surface area is 133 Å². The maximum atomic E-state index is 12.1. The van der Waals surface area contributed by atoms with E-state index in [9.17, 15) is 4.79 Å². The van der Waals surface area contributed by atoms with Crippen molar-refractivity contribution in [3.63, 3.8) is 0 Å². The first-order valence-electron chi connectivity index (χ1n) is 7.13. The molecule has 0 saturated heterocycles. The lowest BCUT2D eigenvalue weighted by Gasteiger charge is -2.14. The molecular formula is C15H21N3OS2. The Morgan fingerprint density at radius 3 is 2.62 bits per heavy atom. The lowest BCUT2D eigenvalue weighted by Crippen LogP contribution is -2.28. The van der Waals surface area contributed by atoms with Crippen molar-refractivity contribution in [2.45, 2.75) is 53.0 Å². The van der Waals surface area contributed by atoms with Gasteiger partial charge in [0.2, 0.25) is 5.91 Å². The SMILES string of the molecule is CC[C@H](NC(=O)CCc1scnc1C)c1nc(C)c(C)s1. The number of thiazole rings is 2. The standard InChI is InChI=1S/C15H21N3OS2/c1-5-12(15-17-9(2)11(4)21-15)18-14(19)7-6-13-10(3)16-8-20-13/h8,12H,5-7H2,1-4H3,(H,18,19)/t12-/m0/s1. The number of aromatic nitrogens is 2. The van der Waals surface area contributed by atoms with Gasteiger partial charge in [0.15, 0.2) is 0 Å². The van der Waals surface area contributed by atoms with Crippen LogP contribution in [0.5, 0.6) is 0 Å². The van der Waals surface area contributed by atoms with Gasteiger partial charge in [0, 0.05) is 16.2 Å². The van der Waals surface area contributed by atoms with Crippen LogP contribution in [0.15, 0.2) is 5.51 Å². The Balaban J connectivity index is 1.92. The third-order valence-corrected chi connectivity index (χ3v) is 5.69. The molecule has 0 aliphatic heterocycles. The maximum absolute atomic E-state index is 12.1. The Kier molecular flexibility index (Phi) is 5.47. The molecule has 0 aliphatic rings. The van der Waals surface area contributed by atoms with E-state index in [2.05, 4.69) is 29.1 Å². The van der Waals surface area contributed by atoms with Crippen LogP contribution in [-0.4, -0.2) is 15.9 Å². The Morgan fingerprint density at radius 2 is 2.10 bits per heavy atom. The van der Waals surface area contributed by atoms with E-state index in [-0.39, 0.29) is 11.9 Å². The van der Waals surface area contributed by atoms with Gasteiger partial charge in [-0.15, -0.1) is 22.7 Å². The van der Waals surface area contributed by atoms with Crippen LogP contribution in [0.3, 0.4) is 0 Å². The molecule has 21 heavy (non-hydrogen) atoms. The second kappa shape index (κ2) is 7.13. The number of aryl methyl sites for hydroxylation is 4. The largest absolute Gasteiger partial charge is 0.347 e. The highest BCUT2D eigenvalue weighted by Crippen LogP contribution is 2.25. The van der Waals surface area contributed by atoms with Crippen LogP contribution in [0, 0.1) is 20.8 Å². The number of amides is 1. The summed E-state index contributed by atoms with van der Waals surface area (Å²) in [6.07, 6.45) is 2.12. The van der Waals surface area contributed by atoms with E-state index in [1.807, 2.05) is 19.4 Å². The van der Waals surface area contributed by atoms with Gasteiger partial charge in [-0.1, -0.05) is 6.92 Å². The molecule has 1 amide bonds. The van der Waals surface area contributed by atoms with Crippen LogP contribution in [0.2, 0.25) is 0 Å². The molecule has 0 saturated carbocycles. The van der Waals surface area contributed by atoms with Gasteiger partial charge in [-0.2, -0.15) is 0 Å². The molecule has 114 valence electrons. The average Bonchev–Trinajstić information content (AvgIpc) is 3.00. The lowest BCUT2D eigenvalue weighted by atomic mass is 10.2. The van der Waals surface area contributed by atoms with Gasteiger partial charge in [-0.25, -0.2) is 9.97 Å². The minimum Gasteiger partial charge on any atom is -0.347 e. The van der Waals surface area contributed by atoms with Crippen molar-refractivity contribution in [2.75, 3.05) is 0 Å². The van der Waals surface area contributed by atoms with Crippen LogP contribution in [0.1, 0.15) is 52.0 Å². The molecule has 0 spiro atoms. The lowest BCUT2D eigenvalue weighted by molar-refractivity contribution is -0.121. The van der Waals surface area contributed by atoms with E-state index in [1.54, 1.807) is 22.7 Å². The van der Waals surface area contributed by atoms with Crippen LogP contribution < -0.4 is 5.32 Å². The van der Waals surface area contributed by atoms with Crippen molar-refractivity contribution in [2.24, 2.45) is 0 Å². The van der Waals surface area contributed by atoms with E-state index in [0.29, 0.717) is 6.42 Å². The molecule has 1 atom stereocenters. The zero-order chi connectivity index (χ0) is 15.4. The summed E-state index contributed by atoms with van der Waals surface area (Å²) in [4.78, 5) is 23.3. The van der Waals surface area contributed by atoms with E-state index in [0.717, 1.165) is 29.2 Å². The number of hydrogen-bond acceptors (Lipinski definition) is 5. The molecule has 2 aromatic heterocycles. The van der Waals surface area contributed by atoms with Crippen LogP contribution in [0.4, 0.5) is 0 Å². The van der Waals surface area contributed by atoms with E-state index >= 15 is 0 Å². The smallest absolute Gasteiger partial charge is 0.220 e. The molecule has 0 bridgehead atoms. The van der Waals surface area contributed by atoms with Gasteiger partial charge in [-0.05, 0) is 33.6 Å². The monoisotopic (exact) mass is 323 g/mol. The molecule has 4 nitrogen and oxygen atoms in total. The summed E-state index contributed by atoms with van der Waals surface area (Å²) in [6, 6.07) is 0.0254. The summed E-state index contributed by atoms with van der Waals surface area (Å²) < 4.78 is 0. The summed E-state index contributed by atoms with van der Waals surface area (Å²) in [6.45, 7) is 8.14. The maximum Gasteiger partial charge on any atom is 0.220 e. The van der Waals surface area contributed by atoms with Gasteiger partial charge in [0.1, 0.15) is 5.01 Å². The van der Waals surface area contributed by atoms with Gasteiger partial charge < -0.3 is 5.32 Å². The molecule has 0 radical (unpaired) electrons. The summed E-state index contributed by atoms with van der Waals surface area (Å²) in [5.41, 5.74) is 3.92. The number of carbonyl (C=O) groups is 1. The quantitative estimate of drug-likeness (QED) is 0.881. The zero-order valence-corrected chi connectivity index (χ0v) is 14.5. The predicted octanol–water partition coefficient (Wildman–Crippen LogP) is 3.72. The fraction of sp³-hybridized carbons (Fsp3) is 0.533. The van der Waals surface area contributed by atoms with Gasteiger partial charge in [-0.3, -0.25) is 4.79 Å². The normalized spacial score (nSPS) is 12.4. The Morgan fingerprint density at radius 1 is 1.33 bits per heavy atom. The van der Waals surface area contributed by atoms with Crippen molar-refractivity contribution in [1.82, 2.24) is 15.3 Å². The first-order chi connectivity index (χ1) is 10.0. The molecule has 2 rings (SSSR count). The molecule has 6 heteroatoms. The summed E-state index contributed by atoms with van der Waals surface area (Å²) in [7, 11) is 0. The van der Waals surface area contributed by atoms with E-state index in [1.165, 1.54) is 9.75 Å². The van der Waals surface area contributed by atoms with Crippen molar-refractivity contribution >= 4 is 28.6 Å². The number of carbonyl (C=O) groups excluding carboxylic acids is 1. The Bertz CT molecular complexity index is 599. The molecule has 1 N–H and O–H groups in total. The first-order valence-corrected chi connectivity index (χ1v) is 8.83. The molecular weight excluding hydrogens is 302 g/mol. The number of rotatable bonds is 6. The molecule has 0 aliphatic carbocycles. The molecule has 0 unspecified atom stereocenters. The van der Waals surface area contributed by atoms with Crippen LogP contribution in [-0.2, 0) is 11.2 Å². The summed E-state index contributed by atoms with van der Waals surface area (Å²) in [5, 5.41) is 4.11. The highest BCUT2D eigenvalue weighted by molar-refractivity contribution is 7.11. The summed E-state index contributed by atoms with van der Waals surface area (Å²) in [5.74, 6) is 0.0835. The van der Waals surface area contributed by atoms with Gasteiger partial charge in [0.25, 0.3) is 0 Å². The fourth-order valence-electron chi connectivity index (χ4n) is 2.04. The van der Waals surface area contributed by atoms with Crippen molar-refractivity contribution in [3.05, 3.63) is 31.7 Å². The number of nitrogens with zero attached hydrogens (tertiary/aromatic N) is 2. The third-order valence-electron chi connectivity index (χ3n) is 3.51. The average molecular weight is 323 g/mol. The number of nitrogens with one attached hydrogen (secondary N) is 1. The van der Waals surface area contributed by atoms with Crippen LogP contribution in [0.25, 0.3) is 0 Å². The zero-order valence-electron chi connectivity index (χ0n) is 12.9. The minimum atomic E-state index is 0.0254. The molecule has 0 aromatic carbocycles. The summed E-state index contributed by atoms with van der Waals surface area (Å²) >= 11 is 3.29. The minimum absolute atomic E-state index is 0.0254. The fourth-order valence-corrected chi connectivity index (χ4v) is 3.88. The predicted molar refractivity (Wildman–Crippen MR) is 87.9 cm³/mol. The van der Waals surface area contributed by atoms with Crippen LogP contribution >= 0.6 is 22.7 Å². The van der Waals surface area contributed by atoms with Crippen molar-refractivity contribution < 1.29 is 4.79 Å². The van der Waals surface area contributed by atoms with E-state index in [4.69, 9.17) is 0 Å². The van der Waals surface area contributed by atoms with Gasteiger partial charge >= 0.3 is 0 Å². The molecule has 2 heterocycles. The van der Waals surface area contributed by atoms with Crippen molar-refractivity contribution in [1.29, 1.82) is 0 Å². The second-order valence-electron chi connectivity index (χ2n) is 5.08. The number of hydrogen-bond donors (Lipinski definition) is 1. The Hall–Kier alpha value is -1.27. The van der Waals surface area contributed by atoms with Crippen molar-refractivity contribution in [3.8, 4) is 0 Å².